The van der Waals surface area contributed by atoms with Gasteiger partial charge < -0.3 is 43.1 Å². The SMILES string of the molecule is C[C@H](NC(=O)[C@@H](N)CCCN=C(N)N)C(=O)N[C@@H](CC(=O)O)C(=O)N[C@@H](C)C=O. The molecule has 0 saturated heterocycles. The second-order valence-electron chi connectivity index (χ2n) is 6.38. The van der Waals surface area contributed by atoms with Crippen LogP contribution in [0.1, 0.15) is 33.1 Å². The van der Waals surface area contributed by atoms with Crippen LogP contribution in [-0.2, 0) is 24.0 Å². The standard InChI is InChI=1S/C16H29N7O6/c1-8(7-24)21-15(29)11(6-12(25)26)23-13(27)9(2)22-14(28)10(17)4-3-5-20-16(18)19/h7-11H,3-6,17H2,1-2H3,(H,21,29)(H,22,28)(H,23,27)(H,25,26)(H4,18,19,20)/t8-,9-,10-,11-/m0/s1. The van der Waals surface area contributed by atoms with E-state index < -0.39 is 54.3 Å². The van der Waals surface area contributed by atoms with Crippen molar-refractivity contribution in [3.63, 3.8) is 0 Å². The van der Waals surface area contributed by atoms with Crippen LogP contribution < -0.4 is 33.2 Å². The summed E-state index contributed by atoms with van der Waals surface area (Å²) in [5.74, 6) is -3.63. The molecular formula is C16H29N7O6. The minimum atomic E-state index is -1.42. The van der Waals surface area contributed by atoms with Gasteiger partial charge in [0.05, 0.1) is 18.5 Å². The number of aliphatic carboxylic acids is 1. The van der Waals surface area contributed by atoms with Crippen LogP contribution in [-0.4, -0.2) is 71.8 Å². The fourth-order valence-electron chi connectivity index (χ4n) is 2.08. The van der Waals surface area contributed by atoms with Crippen molar-refractivity contribution < 1.29 is 29.1 Å². The van der Waals surface area contributed by atoms with Crippen molar-refractivity contribution in [2.45, 2.75) is 57.3 Å². The number of nitrogens with one attached hydrogen (secondary N) is 3. The Morgan fingerprint density at radius 2 is 1.66 bits per heavy atom. The summed E-state index contributed by atoms with van der Waals surface area (Å²) >= 11 is 0. The highest BCUT2D eigenvalue weighted by atomic mass is 16.4. The molecule has 0 aliphatic carbocycles. The Hall–Kier alpha value is -3.22. The zero-order valence-corrected chi connectivity index (χ0v) is 16.4. The average Bonchev–Trinajstić information content (AvgIpc) is 2.63. The van der Waals surface area contributed by atoms with Crippen LogP contribution in [0.15, 0.2) is 4.99 Å². The lowest BCUT2D eigenvalue weighted by Crippen LogP contribution is -2.56. The summed E-state index contributed by atoms with van der Waals surface area (Å²) in [6.45, 7) is 3.04. The van der Waals surface area contributed by atoms with Crippen LogP contribution >= 0.6 is 0 Å². The molecule has 4 atom stereocenters. The first-order chi connectivity index (χ1) is 13.5. The lowest BCUT2D eigenvalue weighted by atomic mass is 10.1. The first-order valence-electron chi connectivity index (χ1n) is 8.87. The number of rotatable bonds is 13. The molecule has 29 heavy (non-hydrogen) atoms. The normalized spacial score (nSPS) is 14.4. The lowest BCUT2D eigenvalue weighted by molar-refractivity contribution is -0.141. The highest BCUT2D eigenvalue weighted by Crippen LogP contribution is 1.99. The Labute approximate surface area is 167 Å². The van der Waals surface area contributed by atoms with Crippen molar-refractivity contribution in [1.29, 1.82) is 0 Å². The number of nitrogens with two attached hydrogens (primary N) is 3. The predicted octanol–water partition coefficient (Wildman–Crippen LogP) is -3.46. The molecule has 0 aliphatic heterocycles. The second-order valence-corrected chi connectivity index (χ2v) is 6.38. The molecule has 0 aromatic heterocycles. The topological polar surface area (TPSA) is 232 Å². The van der Waals surface area contributed by atoms with Crippen molar-refractivity contribution in [3.05, 3.63) is 0 Å². The summed E-state index contributed by atoms with van der Waals surface area (Å²) in [4.78, 5) is 61.7. The monoisotopic (exact) mass is 415 g/mol. The van der Waals surface area contributed by atoms with E-state index in [1.54, 1.807) is 0 Å². The highest BCUT2D eigenvalue weighted by Gasteiger charge is 2.27. The van der Waals surface area contributed by atoms with Crippen LogP contribution in [0.25, 0.3) is 0 Å². The predicted molar refractivity (Wildman–Crippen MR) is 103 cm³/mol. The zero-order valence-electron chi connectivity index (χ0n) is 16.4. The lowest BCUT2D eigenvalue weighted by Gasteiger charge is -2.21. The second kappa shape index (κ2) is 13.0. The Balaban J connectivity index is 4.73. The summed E-state index contributed by atoms with van der Waals surface area (Å²) < 4.78 is 0. The third-order valence-corrected chi connectivity index (χ3v) is 3.64. The molecule has 0 fully saturated rings. The van der Waals surface area contributed by atoms with E-state index in [1.807, 2.05) is 0 Å². The first-order valence-corrected chi connectivity index (χ1v) is 8.87. The van der Waals surface area contributed by atoms with E-state index in [1.165, 1.54) is 13.8 Å². The maximum atomic E-state index is 12.2. The van der Waals surface area contributed by atoms with Gasteiger partial charge in [-0.2, -0.15) is 0 Å². The van der Waals surface area contributed by atoms with Gasteiger partial charge in [0.1, 0.15) is 18.4 Å². The maximum Gasteiger partial charge on any atom is 0.305 e. The fraction of sp³-hybridized carbons (Fsp3) is 0.625. The molecule has 0 aromatic rings. The summed E-state index contributed by atoms with van der Waals surface area (Å²) in [5.41, 5.74) is 16.1. The molecule has 0 unspecified atom stereocenters. The number of carboxylic acid groups (broad SMARTS) is 1. The van der Waals surface area contributed by atoms with Crippen molar-refractivity contribution >= 4 is 35.9 Å². The van der Waals surface area contributed by atoms with Crippen LogP contribution in [0.4, 0.5) is 0 Å². The number of aldehydes is 1. The third kappa shape index (κ3) is 11.3. The summed E-state index contributed by atoms with van der Waals surface area (Å²) in [6, 6.07) is -4.27. The molecule has 0 aromatic carbocycles. The molecule has 13 heteroatoms. The number of hydrogen-bond donors (Lipinski definition) is 7. The largest absolute Gasteiger partial charge is 0.481 e. The van der Waals surface area contributed by atoms with Crippen LogP contribution in [0.5, 0.6) is 0 Å². The van der Waals surface area contributed by atoms with Crippen LogP contribution in [0, 0.1) is 0 Å². The zero-order chi connectivity index (χ0) is 22.6. The van der Waals surface area contributed by atoms with Gasteiger partial charge in [-0.3, -0.25) is 24.2 Å². The first kappa shape index (κ1) is 25.8. The van der Waals surface area contributed by atoms with Gasteiger partial charge in [-0.05, 0) is 26.7 Å². The number of amides is 3. The van der Waals surface area contributed by atoms with Crippen LogP contribution in [0.3, 0.4) is 0 Å². The summed E-state index contributed by atoms with van der Waals surface area (Å²) in [6.07, 6.45) is 0.469. The molecule has 0 rings (SSSR count). The molecule has 0 heterocycles. The quantitative estimate of drug-likeness (QED) is 0.0684. The molecular weight excluding hydrogens is 386 g/mol. The molecule has 0 spiro atoms. The van der Waals surface area contributed by atoms with Crippen molar-refractivity contribution in [2.75, 3.05) is 6.54 Å². The minimum Gasteiger partial charge on any atom is -0.481 e. The Morgan fingerprint density at radius 1 is 1.03 bits per heavy atom. The number of aliphatic imine (C=N–C) groups is 1. The van der Waals surface area contributed by atoms with Gasteiger partial charge in [0.2, 0.25) is 17.7 Å². The molecule has 0 bridgehead atoms. The van der Waals surface area contributed by atoms with Gasteiger partial charge in [0.25, 0.3) is 0 Å². The van der Waals surface area contributed by atoms with Crippen molar-refractivity contribution in [2.24, 2.45) is 22.2 Å². The molecule has 3 amide bonds. The molecule has 0 aliphatic rings. The summed E-state index contributed by atoms with van der Waals surface area (Å²) in [7, 11) is 0. The van der Waals surface area contributed by atoms with E-state index in [0.717, 1.165) is 0 Å². The molecule has 0 radical (unpaired) electrons. The smallest absolute Gasteiger partial charge is 0.305 e. The van der Waals surface area contributed by atoms with E-state index in [9.17, 15) is 24.0 Å². The highest BCUT2D eigenvalue weighted by molar-refractivity contribution is 5.94. The summed E-state index contributed by atoms with van der Waals surface area (Å²) in [5, 5.41) is 15.8. The maximum absolute atomic E-state index is 12.2. The fourth-order valence-corrected chi connectivity index (χ4v) is 2.08. The van der Waals surface area contributed by atoms with Gasteiger partial charge in [-0.25, -0.2) is 0 Å². The van der Waals surface area contributed by atoms with E-state index >= 15 is 0 Å². The van der Waals surface area contributed by atoms with E-state index in [4.69, 9.17) is 22.3 Å². The Bertz CT molecular complexity index is 635. The van der Waals surface area contributed by atoms with Crippen molar-refractivity contribution in [3.8, 4) is 0 Å². The average molecular weight is 415 g/mol. The van der Waals surface area contributed by atoms with Gasteiger partial charge in [0, 0.05) is 6.54 Å². The van der Waals surface area contributed by atoms with Gasteiger partial charge >= 0.3 is 5.97 Å². The molecule has 10 N–H and O–H groups in total. The minimum absolute atomic E-state index is 0.0733. The number of carbonyl (C=O) groups is 5. The number of nitrogens with zero attached hydrogens (tertiary/aromatic N) is 1. The van der Waals surface area contributed by atoms with Gasteiger partial charge in [-0.15, -0.1) is 0 Å². The van der Waals surface area contributed by atoms with Crippen molar-refractivity contribution in [1.82, 2.24) is 16.0 Å². The van der Waals surface area contributed by atoms with Gasteiger partial charge in [-0.1, -0.05) is 0 Å². The van der Waals surface area contributed by atoms with E-state index in [0.29, 0.717) is 19.3 Å². The number of guanidine groups is 1. The number of carboxylic acids is 1. The van der Waals surface area contributed by atoms with E-state index in [-0.39, 0.29) is 12.4 Å². The number of carbonyl (C=O) groups excluding carboxylic acids is 4. The molecule has 13 nitrogen and oxygen atoms in total. The molecule has 0 saturated carbocycles. The van der Waals surface area contributed by atoms with Crippen LogP contribution in [0.2, 0.25) is 0 Å². The van der Waals surface area contributed by atoms with E-state index in [2.05, 4.69) is 20.9 Å². The molecule has 164 valence electrons. The third-order valence-electron chi connectivity index (χ3n) is 3.64. The Morgan fingerprint density at radius 3 is 2.17 bits per heavy atom. The number of hydrogen-bond acceptors (Lipinski definition) is 7. The Kier molecular flexibility index (Phi) is 11.6. The van der Waals surface area contributed by atoms with Gasteiger partial charge in [0.15, 0.2) is 5.96 Å².